The van der Waals surface area contributed by atoms with Gasteiger partial charge in [0.25, 0.3) is 0 Å². The van der Waals surface area contributed by atoms with E-state index in [0.717, 1.165) is 6.42 Å². The van der Waals surface area contributed by atoms with Crippen LogP contribution >= 0.6 is 0 Å². The van der Waals surface area contributed by atoms with Crippen molar-refractivity contribution in [3.63, 3.8) is 0 Å². The molecule has 1 aliphatic heterocycles. The Balaban J connectivity index is 1.58. The number of cyclic esters (lactones) is 1. The molecular weight excluding hydrogens is 484 g/mol. The fourth-order valence-corrected chi connectivity index (χ4v) is 11.4. The number of benzene rings is 3. The quantitative estimate of drug-likeness (QED) is 0.274. The topological polar surface area (TPSA) is 35.5 Å². The van der Waals surface area contributed by atoms with Crippen molar-refractivity contribution >= 4 is 44.1 Å². The maximum atomic E-state index is 12.6. The van der Waals surface area contributed by atoms with Gasteiger partial charge in [-0.25, -0.2) is 0 Å². The zero-order valence-electron chi connectivity index (χ0n) is 18.9. The molecule has 1 aliphatic rings. The fourth-order valence-electron chi connectivity index (χ4n) is 4.46. The summed E-state index contributed by atoms with van der Waals surface area (Å²) in [5.41, 5.74) is 0. The number of hydrogen-bond acceptors (Lipinski definition) is 3. The molecule has 0 aromatic heterocycles. The standard InChI is InChI=1S/C27H30O3SeSi/c1-27(2,3)32(23-15-9-5-10-16-23,24-17-11-6-12-18-24)29-20-21-19-25(26(28)30-21)31-22-13-7-4-8-14-22/h4-18,21,25H,19-20H2,1-3H3/t21-,25-/m0/s1/i19+1,20+1,21+1,25+1,26+1. The average Bonchev–Trinajstić information content (AvgIpc) is 3.14. The van der Waals surface area contributed by atoms with Crippen LogP contribution in [0.1, 0.15) is 27.2 Å². The monoisotopic (exact) mass is 515 g/mol. The number of hydrogen-bond donors (Lipinski definition) is 0. The van der Waals surface area contributed by atoms with Crippen LogP contribution in [0.2, 0.25) is 9.85 Å². The number of esters is 1. The summed E-state index contributed by atoms with van der Waals surface area (Å²) in [7, 11) is -2.62. The van der Waals surface area contributed by atoms with E-state index >= 15 is 0 Å². The molecule has 3 nitrogen and oxygen atoms in total. The Labute approximate surface area is 198 Å². The van der Waals surface area contributed by atoms with E-state index in [1.54, 1.807) is 0 Å². The van der Waals surface area contributed by atoms with Crippen molar-refractivity contribution in [1.82, 2.24) is 0 Å². The molecule has 0 bridgehead atoms. The summed E-state index contributed by atoms with van der Waals surface area (Å²) in [6.45, 7) is 7.23. The molecule has 4 rings (SSSR count). The van der Waals surface area contributed by atoms with E-state index in [9.17, 15) is 4.79 Å². The van der Waals surface area contributed by atoms with Crippen molar-refractivity contribution in [3.05, 3.63) is 91.0 Å². The minimum absolute atomic E-state index is 0.0438. The van der Waals surface area contributed by atoms with Crippen LogP contribution in [0.25, 0.3) is 0 Å². The summed E-state index contributed by atoms with van der Waals surface area (Å²) in [6.07, 6.45) is 0.533. The van der Waals surface area contributed by atoms with Gasteiger partial charge in [0.05, 0.1) is 0 Å². The third-order valence-corrected chi connectivity index (χ3v) is 13.5. The zero-order chi connectivity index (χ0) is 22.6. The summed E-state index contributed by atoms with van der Waals surface area (Å²) in [5, 5.41) is 2.40. The van der Waals surface area contributed by atoms with Gasteiger partial charge in [-0.05, 0) is 0 Å². The van der Waals surface area contributed by atoms with Crippen LogP contribution in [0, 0.1) is 0 Å². The van der Waals surface area contributed by atoms with Gasteiger partial charge in [0, 0.05) is 0 Å². The van der Waals surface area contributed by atoms with Crippen molar-refractivity contribution in [3.8, 4) is 0 Å². The molecule has 0 radical (unpaired) electrons. The van der Waals surface area contributed by atoms with Gasteiger partial charge in [0.2, 0.25) is 0 Å². The second kappa shape index (κ2) is 9.76. The number of carbonyl (C=O) groups is 1. The second-order valence-corrected chi connectivity index (χ2v) is 16.2. The third kappa shape index (κ3) is 4.77. The number of carbonyl (C=O) groups excluding carboxylic acids is 1. The number of rotatable bonds is 7. The van der Waals surface area contributed by atoms with E-state index in [4.69, 9.17) is 9.16 Å². The van der Waals surface area contributed by atoms with E-state index in [2.05, 4.69) is 81.4 Å². The maximum absolute atomic E-state index is 12.6. The van der Waals surface area contributed by atoms with Crippen LogP contribution < -0.4 is 14.8 Å². The van der Waals surface area contributed by atoms with Crippen molar-refractivity contribution in [2.45, 2.75) is 43.2 Å². The zero-order valence-corrected chi connectivity index (χ0v) is 21.6. The normalized spacial score (nSPS) is 19.0. The van der Waals surface area contributed by atoms with Crippen LogP contribution in [-0.2, 0) is 14.0 Å². The Morgan fingerprint density at radius 1 is 0.875 bits per heavy atom. The molecule has 0 spiro atoms. The Kier molecular flexibility index (Phi) is 7.01. The first-order chi connectivity index (χ1) is 15.4. The van der Waals surface area contributed by atoms with E-state index in [0.29, 0.717) is 6.61 Å². The van der Waals surface area contributed by atoms with Gasteiger partial charge in [-0.2, -0.15) is 0 Å². The third-order valence-electron chi connectivity index (χ3n) is 5.95. The summed E-state index contributed by atoms with van der Waals surface area (Å²) in [4.78, 5) is 12.6. The van der Waals surface area contributed by atoms with E-state index in [1.807, 2.05) is 30.3 Å². The Bertz CT molecular complexity index is 980. The second-order valence-electron chi connectivity index (χ2n) is 9.19. The van der Waals surface area contributed by atoms with Crippen LogP contribution in [0.4, 0.5) is 0 Å². The predicted molar refractivity (Wildman–Crippen MR) is 134 cm³/mol. The Hall–Kier alpha value is -2.17. The van der Waals surface area contributed by atoms with Crippen LogP contribution in [0.3, 0.4) is 0 Å². The molecule has 1 fully saturated rings. The van der Waals surface area contributed by atoms with Crippen molar-refractivity contribution < 1.29 is 14.0 Å². The molecule has 1 heterocycles. The molecular formula is C27H30O3SeSi. The molecule has 2 atom stereocenters. The molecule has 0 N–H and O–H groups in total. The van der Waals surface area contributed by atoms with Crippen LogP contribution in [0.15, 0.2) is 91.0 Å². The van der Waals surface area contributed by atoms with Gasteiger partial charge in [-0.3, -0.25) is 0 Å². The van der Waals surface area contributed by atoms with Gasteiger partial charge in [0.1, 0.15) is 0 Å². The van der Waals surface area contributed by atoms with Gasteiger partial charge in [-0.1, -0.05) is 0 Å². The molecule has 0 aliphatic carbocycles. The Morgan fingerprint density at radius 3 is 1.88 bits per heavy atom. The van der Waals surface area contributed by atoms with Crippen molar-refractivity contribution in [2.24, 2.45) is 0 Å². The van der Waals surface area contributed by atoms with Gasteiger partial charge < -0.3 is 0 Å². The fraction of sp³-hybridized carbons (Fsp3) is 0.296. The van der Waals surface area contributed by atoms with Crippen LogP contribution in [0.5, 0.6) is 0 Å². The first kappa shape index (κ1) is 23.0. The van der Waals surface area contributed by atoms with E-state index in [-0.39, 0.29) is 36.9 Å². The van der Waals surface area contributed by atoms with E-state index in [1.165, 1.54) is 14.8 Å². The van der Waals surface area contributed by atoms with Crippen molar-refractivity contribution in [2.75, 3.05) is 6.61 Å². The average molecular weight is 515 g/mol. The van der Waals surface area contributed by atoms with E-state index < -0.39 is 8.32 Å². The minimum atomic E-state index is -2.62. The summed E-state index contributed by atoms with van der Waals surface area (Å²) < 4.78 is 14.0. The summed E-state index contributed by atoms with van der Waals surface area (Å²) >= 11 is 0.0739. The molecule has 32 heavy (non-hydrogen) atoms. The van der Waals surface area contributed by atoms with Gasteiger partial charge in [0.15, 0.2) is 0 Å². The van der Waals surface area contributed by atoms with Gasteiger partial charge in [-0.15, -0.1) is 0 Å². The summed E-state index contributed by atoms with van der Waals surface area (Å²) in [6, 6.07) is 31.4. The molecule has 0 saturated carbocycles. The molecule has 5 heteroatoms. The van der Waals surface area contributed by atoms with Crippen molar-refractivity contribution in [1.29, 1.82) is 0 Å². The number of ether oxygens (including phenoxy) is 1. The van der Waals surface area contributed by atoms with Crippen LogP contribution in [-0.4, -0.2) is 42.0 Å². The van der Waals surface area contributed by atoms with Gasteiger partial charge >= 0.3 is 199 Å². The molecule has 166 valence electrons. The first-order valence-corrected chi connectivity index (χ1v) is 14.8. The molecule has 3 aromatic carbocycles. The molecule has 0 amide bonds. The SMILES string of the molecule is CC(C)(C)[Si](O[13CH2][13C@@H]1[13CH2][13C@H]([Se]c2ccccc2)[13C](=O)O1)(c1ccccc1)c1ccccc1. The predicted octanol–water partition coefficient (Wildman–Crippen LogP) is 3.70. The molecule has 0 unspecified atom stereocenters. The first-order valence-electron chi connectivity index (χ1n) is 11.1. The summed E-state index contributed by atoms with van der Waals surface area (Å²) in [5.74, 6) is -0.0788. The Morgan fingerprint density at radius 2 is 1.38 bits per heavy atom. The molecule has 3 aromatic rings. The molecule has 1 saturated heterocycles.